The van der Waals surface area contributed by atoms with Gasteiger partial charge in [-0.15, -0.1) is 0 Å². The quantitative estimate of drug-likeness (QED) is 0.916. The topological polar surface area (TPSA) is 76.1 Å². The molecule has 2 aromatic heterocycles. The molecule has 0 unspecified atom stereocenters. The van der Waals surface area contributed by atoms with Crippen LogP contribution < -0.4 is 10.2 Å². The second-order valence-corrected chi connectivity index (χ2v) is 6.55. The van der Waals surface area contributed by atoms with Gasteiger partial charge in [-0.05, 0) is 18.4 Å². The summed E-state index contributed by atoms with van der Waals surface area (Å²) in [6.07, 6.45) is 11.9. The summed E-state index contributed by atoms with van der Waals surface area (Å²) in [7, 11) is 0. The van der Waals surface area contributed by atoms with Gasteiger partial charge in [-0.25, -0.2) is 15.0 Å². The lowest BCUT2D eigenvalue weighted by Gasteiger charge is -2.23. The van der Waals surface area contributed by atoms with E-state index in [1.165, 1.54) is 0 Å². The largest absolute Gasteiger partial charge is 0.371 e. The van der Waals surface area contributed by atoms with Crippen molar-refractivity contribution in [1.29, 1.82) is 0 Å². The number of hydrogen-bond donors (Lipinski definition) is 1. The summed E-state index contributed by atoms with van der Waals surface area (Å²) < 4.78 is 6.17. The second-order valence-electron chi connectivity index (χ2n) is 6.55. The Morgan fingerprint density at radius 2 is 2.12 bits per heavy atom. The summed E-state index contributed by atoms with van der Waals surface area (Å²) in [6.45, 7) is 4.58. The highest BCUT2D eigenvalue weighted by atomic mass is 16.5. The van der Waals surface area contributed by atoms with Crippen LogP contribution in [0.2, 0.25) is 0 Å². The maximum atomic E-state index is 6.17. The fourth-order valence-electron chi connectivity index (χ4n) is 3.51. The maximum Gasteiger partial charge on any atom is 0.225 e. The van der Waals surface area contributed by atoms with Gasteiger partial charge in [-0.3, -0.25) is 4.98 Å². The third kappa shape index (κ3) is 3.03. The standard InChI is InChI=1S/C17H22N6O/c1-2-13-8-20-16(21-9-13)23-6-3-17(12-23)7-14(11-24-17)22-15-10-18-4-5-19-15/h4-5,8-10,14H,2-3,6-7,11-12H2,1H3,(H,19,22)/t14-,17-/m0/s1. The van der Waals surface area contributed by atoms with Crippen molar-refractivity contribution in [3.05, 3.63) is 36.5 Å². The minimum atomic E-state index is -0.105. The Morgan fingerprint density at radius 1 is 1.25 bits per heavy atom. The molecular weight excluding hydrogens is 304 g/mol. The van der Waals surface area contributed by atoms with Gasteiger partial charge in [-0.2, -0.15) is 0 Å². The molecule has 0 aliphatic carbocycles. The minimum absolute atomic E-state index is 0.105. The predicted molar refractivity (Wildman–Crippen MR) is 91.0 cm³/mol. The van der Waals surface area contributed by atoms with Gasteiger partial charge in [0.15, 0.2) is 0 Å². The Balaban J connectivity index is 1.39. The SMILES string of the molecule is CCc1cnc(N2CC[C@]3(C[C@H](Nc4cnccn4)CO3)C2)nc1. The molecule has 1 N–H and O–H groups in total. The first-order chi connectivity index (χ1) is 11.8. The van der Waals surface area contributed by atoms with E-state index in [4.69, 9.17) is 4.74 Å². The summed E-state index contributed by atoms with van der Waals surface area (Å²) >= 11 is 0. The molecule has 7 nitrogen and oxygen atoms in total. The number of nitrogens with zero attached hydrogens (tertiary/aromatic N) is 5. The zero-order valence-corrected chi connectivity index (χ0v) is 13.9. The number of aromatic nitrogens is 4. The summed E-state index contributed by atoms with van der Waals surface area (Å²) in [5.74, 6) is 1.61. The Kier molecular flexibility index (Phi) is 4.02. The predicted octanol–water partition coefficient (Wildman–Crippen LogP) is 1.68. The molecule has 4 rings (SSSR count). The van der Waals surface area contributed by atoms with Crippen molar-refractivity contribution in [2.24, 2.45) is 0 Å². The molecule has 0 radical (unpaired) electrons. The van der Waals surface area contributed by atoms with Crippen molar-refractivity contribution in [2.75, 3.05) is 29.9 Å². The monoisotopic (exact) mass is 326 g/mol. The van der Waals surface area contributed by atoms with E-state index in [-0.39, 0.29) is 11.6 Å². The van der Waals surface area contributed by atoms with Gasteiger partial charge in [0, 0.05) is 37.8 Å². The van der Waals surface area contributed by atoms with Gasteiger partial charge >= 0.3 is 0 Å². The van der Waals surface area contributed by atoms with Gasteiger partial charge in [0.2, 0.25) is 5.95 Å². The van der Waals surface area contributed by atoms with Crippen LogP contribution in [0.4, 0.5) is 11.8 Å². The lowest BCUT2D eigenvalue weighted by atomic mass is 9.97. The van der Waals surface area contributed by atoms with Crippen LogP contribution in [0.3, 0.4) is 0 Å². The number of nitrogens with one attached hydrogen (secondary N) is 1. The van der Waals surface area contributed by atoms with Crippen molar-refractivity contribution < 1.29 is 4.74 Å². The number of ether oxygens (including phenoxy) is 1. The molecule has 1 spiro atoms. The summed E-state index contributed by atoms with van der Waals surface area (Å²) in [4.78, 5) is 19.6. The molecule has 2 atom stereocenters. The summed E-state index contributed by atoms with van der Waals surface area (Å²) in [6, 6.07) is 0.269. The fraction of sp³-hybridized carbons (Fsp3) is 0.529. The third-order valence-corrected chi connectivity index (χ3v) is 4.82. The highest BCUT2D eigenvalue weighted by Crippen LogP contribution is 2.37. The Hall–Kier alpha value is -2.28. The van der Waals surface area contributed by atoms with Crippen molar-refractivity contribution >= 4 is 11.8 Å². The van der Waals surface area contributed by atoms with E-state index in [1.807, 2.05) is 12.4 Å². The molecule has 24 heavy (non-hydrogen) atoms. The smallest absolute Gasteiger partial charge is 0.225 e. The number of rotatable bonds is 4. The summed E-state index contributed by atoms with van der Waals surface area (Å²) in [5, 5.41) is 3.41. The first kappa shape index (κ1) is 15.3. The van der Waals surface area contributed by atoms with Crippen LogP contribution >= 0.6 is 0 Å². The molecule has 2 aromatic rings. The lowest BCUT2D eigenvalue weighted by molar-refractivity contribution is 0.0228. The second kappa shape index (κ2) is 6.32. The van der Waals surface area contributed by atoms with Crippen LogP contribution in [0.25, 0.3) is 0 Å². The van der Waals surface area contributed by atoms with E-state index in [2.05, 4.69) is 37.1 Å². The molecule has 0 aromatic carbocycles. The van der Waals surface area contributed by atoms with Crippen LogP contribution in [-0.4, -0.2) is 51.3 Å². The Morgan fingerprint density at radius 3 is 2.88 bits per heavy atom. The molecule has 2 aliphatic heterocycles. The number of anilines is 2. The molecule has 2 aliphatic rings. The first-order valence-corrected chi connectivity index (χ1v) is 8.49. The zero-order valence-electron chi connectivity index (χ0n) is 13.9. The molecule has 126 valence electrons. The van der Waals surface area contributed by atoms with Gasteiger partial charge in [0.05, 0.1) is 31.0 Å². The van der Waals surface area contributed by atoms with Crippen molar-refractivity contribution in [2.45, 2.75) is 37.8 Å². The molecule has 2 fully saturated rings. The lowest BCUT2D eigenvalue weighted by Crippen LogP contribution is -2.34. The van der Waals surface area contributed by atoms with Gasteiger partial charge in [0.1, 0.15) is 5.82 Å². The van der Waals surface area contributed by atoms with Gasteiger partial charge < -0.3 is 15.0 Å². The van der Waals surface area contributed by atoms with E-state index in [1.54, 1.807) is 18.6 Å². The molecule has 4 heterocycles. The number of aryl methyl sites for hydroxylation is 1. The average Bonchev–Trinajstić information content (AvgIpc) is 3.23. The van der Waals surface area contributed by atoms with E-state index in [0.29, 0.717) is 6.61 Å². The van der Waals surface area contributed by atoms with Crippen LogP contribution in [0.1, 0.15) is 25.3 Å². The Labute approximate surface area is 141 Å². The van der Waals surface area contributed by atoms with Crippen LogP contribution in [0, 0.1) is 0 Å². The Bertz CT molecular complexity index is 679. The van der Waals surface area contributed by atoms with E-state index >= 15 is 0 Å². The van der Waals surface area contributed by atoms with Crippen LogP contribution in [0.15, 0.2) is 31.0 Å². The number of hydrogen-bond acceptors (Lipinski definition) is 7. The zero-order chi connectivity index (χ0) is 16.4. The van der Waals surface area contributed by atoms with E-state index < -0.39 is 0 Å². The van der Waals surface area contributed by atoms with Crippen LogP contribution in [-0.2, 0) is 11.2 Å². The van der Waals surface area contributed by atoms with Crippen LogP contribution in [0.5, 0.6) is 0 Å². The third-order valence-electron chi connectivity index (χ3n) is 4.82. The highest BCUT2D eigenvalue weighted by molar-refractivity contribution is 5.36. The van der Waals surface area contributed by atoms with Crippen molar-refractivity contribution in [3.8, 4) is 0 Å². The molecule has 0 amide bonds. The fourth-order valence-corrected chi connectivity index (χ4v) is 3.51. The average molecular weight is 326 g/mol. The molecular formula is C17H22N6O. The minimum Gasteiger partial charge on any atom is -0.371 e. The van der Waals surface area contributed by atoms with E-state index in [0.717, 1.165) is 49.7 Å². The van der Waals surface area contributed by atoms with Crippen molar-refractivity contribution in [3.63, 3.8) is 0 Å². The first-order valence-electron chi connectivity index (χ1n) is 8.49. The van der Waals surface area contributed by atoms with Gasteiger partial charge in [-0.1, -0.05) is 6.92 Å². The molecule has 7 heteroatoms. The molecule has 2 saturated heterocycles. The normalized spacial score (nSPS) is 26.2. The van der Waals surface area contributed by atoms with Crippen molar-refractivity contribution in [1.82, 2.24) is 19.9 Å². The maximum absolute atomic E-state index is 6.17. The summed E-state index contributed by atoms with van der Waals surface area (Å²) in [5.41, 5.74) is 1.06. The molecule has 0 bridgehead atoms. The van der Waals surface area contributed by atoms with E-state index in [9.17, 15) is 0 Å². The highest BCUT2D eigenvalue weighted by Gasteiger charge is 2.46. The van der Waals surface area contributed by atoms with Gasteiger partial charge in [0.25, 0.3) is 0 Å². The molecule has 0 saturated carbocycles.